The minimum Gasteiger partial charge on any atom is -0.406 e. The standard InChI is InChI=1S/C21H19F3N2O3/c1-12-3-8-18-16(9-12)17(10-13(2)26-18)20(28)25-11-19(27)14-4-6-15(7-5-14)29-21(22,23)24/h3-10,19,27H,11H2,1-2H3,(H,25,28). The third-order valence-corrected chi connectivity index (χ3v) is 4.29. The highest BCUT2D eigenvalue weighted by atomic mass is 19.4. The molecule has 2 aromatic carbocycles. The molecule has 8 heteroatoms. The molecular formula is C21H19F3N2O3. The summed E-state index contributed by atoms with van der Waals surface area (Å²) in [7, 11) is 0. The minimum atomic E-state index is -4.78. The lowest BCUT2D eigenvalue weighted by molar-refractivity contribution is -0.274. The summed E-state index contributed by atoms with van der Waals surface area (Å²) < 4.78 is 40.4. The lowest BCUT2D eigenvalue weighted by atomic mass is 10.0. The number of nitrogens with zero attached hydrogens (tertiary/aromatic N) is 1. The SMILES string of the molecule is Cc1ccc2nc(C)cc(C(=O)NCC(O)c3ccc(OC(F)(F)F)cc3)c2c1. The molecule has 0 bridgehead atoms. The molecule has 0 aliphatic carbocycles. The van der Waals surface area contributed by atoms with Gasteiger partial charge in [0.15, 0.2) is 0 Å². The summed E-state index contributed by atoms with van der Waals surface area (Å²) in [5.74, 6) is -0.756. The molecule has 0 fully saturated rings. The maximum Gasteiger partial charge on any atom is 0.573 e. The Labute approximate surface area is 165 Å². The van der Waals surface area contributed by atoms with E-state index in [1.54, 1.807) is 13.0 Å². The fourth-order valence-electron chi connectivity index (χ4n) is 2.95. The van der Waals surface area contributed by atoms with E-state index in [1.807, 2.05) is 25.1 Å². The van der Waals surface area contributed by atoms with E-state index in [1.165, 1.54) is 12.1 Å². The van der Waals surface area contributed by atoms with Crippen molar-refractivity contribution < 1.29 is 27.8 Å². The summed E-state index contributed by atoms with van der Waals surface area (Å²) in [6, 6.07) is 12.1. The number of hydrogen-bond donors (Lipinski definition) is 2. The number of aliphatic hydroxyl groups is 1. The normalized spacial score (nSPS) is 12.6. The van der Waals surface area contributed by atoms with Gasteiger partial charge in [0.2, 0.25) is 0 Å². The Morgan fingerprint density at radius 2 is 1.83 bits per heavy atom. The van der Waals surface area contributed by atoms with E-state index in [9.17, 15) is 23.1 Å². The molecule has 1 unspecified atom stereocenters. The van der Waals surface area contributed by atoms with Gasteiger partial charge in [-0.25, -0.2) is 0 Å². The molecule has 1 heterocycles. The predicted molar refractivity (Wildman–Crippen MR) is 102 cm³/mol. The largest absolute Gasteiger partial charge is 0.573 e. The van der Waals surface area contributed by atoms with Crippen molar-refractivity contribution in [3.8, 4) is 5.75 Å². The Hall–Kier alpha value is -3.13. The number of nitrogens with one attached hydrogen (secondary N) is 1. The maximum absolute atomic E-state index is 12.7. The zero-order valence-electron chi connectivity index (χ0n) is 15.7. The Kier molecular flexibility index (Phi) is 5.74. The number of halogens is 3. The maximum atomic E-state index is 12.7. The van der Waals surface area contributed by atoms with Crippen molar-refractivity contribution in [1.29, 1.82) is 0 Å². The topological polar surface area (TPSA) is 71.5 Å². The van der Waals surface area contributed by atoms with Crippen molar-refractivity contribution in [3.63, 3.8) is 0 Å². The Balaban J connectivity index is 1.71. The van der Waals surface area contributed by atoms with Crippen molar-refractivity contribution in [1.82, 2.24) is 10.3 Å². The van der Waals surface area contributed by atoms with E-state index in [-0.39, 0.29) is 18.2 Å². The molecule has 0 saturated carbocycles. The summed E-state index contributed by atoms with van der Waals surface area (Å²) in [6.07, 6.45) is -5.87. The number of ether oxygens (including phenoxy) is 1. The van der Waals surface area contributed by atoms with Crippen LogP contribution >= 0.6 is 0 Å². The predicted octanol–water partition coefficient (Wildman–Crippen LogP) is 4.21. The first-order valence-electron chi connectivity index (χ1n) is 8.82. The molecule has 1 aromatic heterocycles. The number of fused-ring (bicyclic) bond motifs is 1. The molecule has 0 spiro atoms. The van der Waals surface area contributed by atoms with Gasteiger partial charge < -0.3 is 15.2 Å². The molecule has 1 atom stereocenters. The third kappa shape index (κ3) is 5.23. The van der Waals surface area contributed by atoms with E-state index in [2.05, 4.69) is 15.0 Å². The van der Waals surface area contributed by atoms with Crippen LogP contribution in [0.5, 0.6) is 5.75 Å². The third-order valence-electron chi connectivity index (χ3n) is 4.29. The highest BCUT2D eigenvalue weighted by molar-refractivity contribution is 6.06. The zero-order chi connectivity index (χ0) is 21.2. The monoisotopic (exact) mass is 404 g/mol. The number of pyridine rings is 1. The van der Waals surface area contributed by atoms with Crippen LogP contribution in [-0.4, -0.2) is 28.9 Å². The second-order valence-electron chi connectivity index (χ2n) is 6.67. The summed E-state index contributed by atoms with van der Waals surface area (Å²) in [5.41, 5.74) is 3.16. The molecule has 2 N–H and O–H groups in total. The Morgan fingerprint density at radius 1 is 1.14 bits per heavy atom. The van der Waals surface area contributed by atoms with Crippen molar-refractivity contribution in [3.05, 3.63) is 70.9 Å². The van der Waals surface area contributed by atoms with Crippen molar-refractivity contribution in [2.75, 3.05) is 6.54 Å². The molecule has 152 valence electrons. The van der Waals surface area contributed by atoms with Gasteiger partial charge in [0.1, 0.15) is 5.75 Å². The van der Waals surface area contributed by atoms with E-state index in [4.69, 9.17) is 0 Å². The fourth-order valence-corrected chi connectivity index (χ4v) is 2.95. The van der Waals surface area contributed by atoms with Crippen LogP contribution in [0.25, 0.3) is 10.9 Å². The molecule has 0 aliphatic rings. The Bertz CT molecular complexity index is 1030. The van der Waals surface area contributed by atoms with Crippen LogP contribution in [0.1, 0.15) is 33.3 Å². The summed E-state index contributed by atoms with van der Waals surface area (Å²) in [4.78, 5) is 17.1. The van der Waals surface area contributed by atoms with Crippen molar-refractivity contribution >= 4 is 16.8 Å². The number of aryl methyl sites for hydroxylation is 2. The van der Waals surface area contributed by atoms with Crippen molar-refractivity contribution in [2.24, 2.45) is 0 Å². The van der Waals surface area contributed by atoms with Crippen LogP contribution in [-0.2, 0) is 0 Å². The van der Waals surface area contributed by atoms with E-state index in [0.717, 1.165) is 17.7 Å². The number of aromatic nitrogens is 1. The molecular weight excluding hydrogens is 385 g/mol. The number of benzene rings is 2. The molecule has 0 radical (unpaired) electrons. The molecule has 0 aliphatic heterocycles. The van der Waals surface area contributed by atoms with Gasteiger partial charge in [-0.3, -0.25) is 9.78 Å². The highest BCUT2D eigenvalue weighted by Crippen LogP contribution is 2.24. The number of amides is 1. The first kappa shape index (κ1) is 20.6. The molecule has 5 nitrogen and oxygen atoms in total. The molecule has 29 heavy (non-hydrogen) atoms. The van der Waals surface area contributed by atoms with Crippen LogP contribution in [0.4, 0.5) is 13.2 Å². The highest BCUT2D eigenvalue weighted by Gasteiger charge is 2.31. The summed E-state index contributed by atoms with van der Waals surface area (Å²) >= 11 is 0. The van der Waals surface area contributed by atoms with Gasteiger partial charge in [0.25, 0.3) is 5.91 Å². The van der Waals surface area contributed by atoms with E-state index < -0.39 is 12.5 Å². The van der Waals surface area contributed by atoms with Crippen LogP contribution in [0.2, 0.25) is 0 Å². The van der Waals surface area contributed by atoms with E-state index >= 15 is 0 Å². The molecule has 0 saturated heterocycles. The first-order valence-corrected chi connectivity index (χ1v) is 8.82. The Morgan fingerprint density at radius 3 is 2.48 bits per heavy atom. The van der Waals surface area contributed by atoms with Gasteiger partial charge >= 0.3 is 6.36 Å². The lowest BCUT2D eigenvalue weighted by Crippen LogP contribution is -2.28. The number of rotatable bonds is 5. The minimum absolute atomic E-state index is 0.104. The quantitative estimate of drug-likeness (QED) is 0.668. The number of carbonyl (C=O) groups is 1. The molecule has 3 aromatic rings. The van der Waals surface area contributed by atoms with Gasteiger partial charge in [-0.2, -0.15) is 0 Å². The second-order valence-corrected chi connectivity index (χ2v) is 6.67. The van der Waals surface area contributed by atoms with Crippen LogP contribution in [0, 0.1) is 13.8 Å². The average molecular weight is 404 g/mol. The lowest BCUT2D eigenvalue weighted by Gasteiger charge is -2.15. The number of alkyl halides is 3. The summed E-state index contributed by atoms with van der Waals surface area (Å²) in [5, 5.41) is 13.6. The number of aliphatic hydroxyl groups excluding tert-OH is 1. The van der Waals surface area contributed by atoms with Gasteiger partial charge in [0, 0.05) is 17.6 Å². The zero-order valence-corrected chi connectivity index (χ0v) is 15.7. The van der Waals surface area contributed by atoms with Crippen molar-refractivity contribution in [2.45, 2.75) is 26.3 Å². The summed E-state index contributed by atoms with van der Waals surface area (Å²) in [6.45, 7) is 3.60. The number of hydrogen-bond acceptors (Lipinski definition) is 4. The second kappa shape index (κ2) is 8.08. The van der Waals surface area contributed by atoms with Gasteiger partial charge in [0.05, 0.1) is 17.2 Å². The fraction of sp³-hybridized carbons (Fsp3) is 0.238. The molecule has 1 amide bonds. The van der Waals surface area contributed by atoms with E-state index in [0.29, 0.717) is 27.7 Å². The van der Waals surface area contributed by atoms with Gasteiger partial charge in [-0.1, -0.05) is 23.8 Å². The van der Waals surface area contributed by atoms with Gasteiger partial charge in [-0.05, 0) is 49.7 Å². The molecule has 3 rings (SSSR count). The first-order chi connectivity index (χ1) is 13.6. The number of carbonyl (C=O) groups excluding carboxylic acids is 1. The smallest absolute Gasteiger partial charge is 0.406 e. The van der Waals surface area contributed by atoms with Crippen LogP contribution in [0.3, 0.4) is 0 Å². The van der Waals surface area contributed by atoms with Gasteiger partial charge in [-0.15, -0.1) is 13.2 Å². The average Bonchev–Trinajstić information content (AvgIpc) is 2.65. The van der Waals surface area contributed by atoms with Crippen LogP contribution < -0.4 is 10.1 Å². The van der Waals surface area contributed by atoms with Crippen LogP contribution in [0.15, 0.2) is 48.5 Å².